The molecule has 26 heavy (non-hydrogen) atoms. The van der Waals surface area contributed by atoms with Crippen LogP contribution in [0.25, 0.3) is 0 Å². The Labute approximate surface area is 153 Å². The van der Waals surface area contributed by atoms with E-state index in [1.54, 1.807) is 11.7 Å². The van der Waals surface area contributed by atoms with Crippen LogP contribution in [0.4, 0.5) is 0 Å². The Bertz CT molecular complexity index is 901. The van der Waals surface area contributed by atoms with Gasteiger partial charge in [0.05, 0.1) is 17.8 Å². The third-order valence-electron chi connectivity index (χ3n) is 4.64. The summed E-state index contributed by atoms with van der Waals surface area (Å²) in [5.41, 5.74) is 1.83. The van der Waals surface area contributed by atoms with Gasteiger partial charge in [0, 0.05) is 51.7 Å². The SMILES string of the molecule is Cc1nn(C)cc1CNC(=O)[C@@H]1CCCN(S(=O)(=O)c2cnn(C)c2)C1. The molecule has 2 aromatic rings. The van der Waals surface area contributed by atoms with Crippen LogP contribution < -0.4 is 5.32 Å². The van der Waals surface area contributed by atoms with Crippen LogP contribution in [0.15, 0.2) is 23.5 Å². The minimum Gasteiger partial charge on any atom is -0.352 e. The van der Waals surface area contributed by atoms with Crippen molar-refractivity contribution in [1.82, 2.24) is 29.2 Å². The molecule has 1 aliphatic heterocycles. The molecular formula is C16H24N6O3S. The smallest absolute Gasteiger partial charge is 0.246 e. The molecule has 3 rings (SSSR count). The zero-order chi connectivity index (χ0) is 18.9. The van der Waals surface area contributed by atoms with Gasteiger partial charge in [-0.2, -0.15) is 14.5 Å². The average molecular weight is 380 g/mol. The first-order valence-corrected chi connectivity index (χ1v) is 9.97. The first-order valence-electron chi connectivity index (χ1n) is 8.53. The van der Waals surface area contributed by atoms with Crippen molar-refractivity contribution < 1.29 is 13.2 Å². The number of aryl methyl sites for hydroxylation is 3. The summed E-state index contributed by atoms with van der Waals surface area (Å²) in [6, 6.07) is 0. The molecule has 1 amide bonds. The van der Waals surface area contributed by atoms with Gasteiger partial charge in [0.1, 0.15) is 4.90 Å². The third kappa shape index (κ3) is 3.80. The summed E-state index contributed by atoms with van der Waals surface area (Å²) in [5, 5.41) is 11.1. The Kier molecular flexibility index (Phi) is 5.15. The second kappa shape index (κ2) is 7.20. The van der Waals surface area contributed by atoms with E-state index in [1.165, 1.54) is 21.4 Å². The molecular weight excluding hydrogens is 356 g/mol. The van der Waals surface area contributed by atoms with Gasteiger partial charge in [0.25, 0.3) is 0 Å². The number of sulfonamides is 1. The number of carbonyl (C=O) groups excluding carboxylic acids is 1. The summed E-state index contributed by atoms with van der Waals surface area (Å²) in [4.78, 5) is 12.7. The summed E-state index contributed by atoms with van der Waals surface area (Å²) in [7, 11) is -0.115. The fourth-order valence-corrected chi connectivity index (χ4v) is 4.71. The molecule has 0 spiro atoms. The lowest BCUT2D eigenvalue weighted by molar-refractivity contribution is -0.126. The number of hydrogen-bond acceptors (Lipinski definition) is 5. The van der Waals surface area contributed by atoms with Crippen molar-refractivity contribution in [2.75, 3.05) is 13.1 Å². The number of aromatic nitrogens is 4. The number of nitrogens with one attached hydrogen (secondary N) is 1. The van der Waals surface area contributed by atoms with Gasteiger partial charge in [-0.3, -0.25) is 14.2 Å². The minimum atomic E-state index is -3.62. The molecule has 3 heterocycles. The van der Waals surface area contributed by atoms with Gasteiger partial charge in [0.15, 0.2) is 0 Å². The lowest BCUT2D eigenvalue weighted by Crippen LogP contribution is -2.45. The maximum atomic E-state index is 12.7. The number of nitrogens with zero attached hydrogens (tertiary/aromatic N) is 5. The summed E-state index contributed by atoms with van der Waals surface area (Å²) in [6.45, 7) is 2.90. The van der Waals surface area contributed by atoms with Gasteiger partial charge in [0.2, 0.25) is 15.9 Å². The quantitative estimate of drug-likeness (QED) is 0.797. The van der Waals surface area contributed by atoms with E-state index in [-0.39, 0.29) is 23.3 Å². The normalized spacial score (nSPS) is 18.8. The molecule has 0 unspecified atom stereocenters. The van der Waals surface area contributed by atoms with Crippen molar-refractivity contribution in [2.45, 2.75) is 31.2 Å². The average Bonchev–Trinajstić information content (AvgIpc) is 3.18. The highest BCUT2D eigenvalue weighted by atomic mass is 32.2. The zero-order valence-corrected chi connectivity index (χ0v) is 16.0. The highest BCUT2D eigenvalue weighted by Crippen LogP contribution is 2.23. The fourth-order valence-electron chi connectivity index (χ4n) is 3.20. The summed E-state index contributed by atoms with van der Waals surface area (Å²) >= 11 is 0. The fraction of sp³-hybridized carbons (Fsp3) is 0.562. The largest absolute Gasteiger partial charge is 0.352 e. The summed E-state index contributed by atoms with van der Waals surface area (Å²) in [5.74, 6) is -0.480. The Hall–Kier alpha value is -2.20. The maximum Gasteiger partial charge on any atom is 0.246 e. The van der Waals surface area contributed by atoms with Crippen LogP contribution in [-0.2, 0) is 35.5 Å². The first kappa shape index (κ1) is 18.6. The van der Waals surface area contributed by atoms with Gasteiger partial charge >= 0.3 is 0 Å². The van der Waals surface area contributed by atoms with Crippen molar-refractivity contribution in [1.29, 1.82) is 0 Å². The van der Waals surface area contributed by atoms with Crippen LogP contribution in [0.3, 0.4) is 0 Å². The number of carbonyl (C=O) groups is 1. The number of amides is 1. The van der Waals surface area contributed by atoms with Crippen molar-refractivity contribution in [3.05, 3.63) is 29.8 Å². The van der Waals surface area contributed by atoms with E-state index in [1.807, 2.05) is 20.2 Å². The van der Waals surface area contributed by atoms with Gasteiger partial charge in [-0.25, -0.2) is 8.42 Å². The van der Waals surface area contributed by atoms with Crippen molar-refractivity contribution >= 4 is 15.9 Å². The molecule has 0 radical (unpaired) electrons. The third-order valence-corrected chi connectivity index (χ3v) is 6.46. The summed E-state index contributed by atoms with van der Waals surface area (Å²) < 4.78 is 30.0. The number of hydrogen-bond donors (Lipinski definition) is 1. The lowest BCUT2D eigenvalue weighted by Gasteiger charge is -2.30. The Morgan fingerprint density at radius 1 is 1.31 bits per heavy atom. The van der Waals surface area contributed by atoms with Crippen LogP contribution in [0, 0.1) is 12.8 Å². The molecule has 9 nitrogen and oxygen atoms in total. The molecule has 0 aliphatic carbocycles. The van der Waals surface area contributed by atoms with Crippen LogP contribution >= 0.6 is 0 Å². The number of rotatable bonds is 5. The topological polar surface area (TPSA) is 102 Å². The van der Waals surface area contributed by atoms with Gasteiger partial charge in [-0.15, -0.1) is 0 Å². The Morgan fingerprint density at radius 2 is 2.08 bits per heavy atom. The molecule has 0 bridgehead atoms. The molecule has 1 saturated heterocycles. The molecule has 0 aromatic carbocycles. The molecule has 1 N–H and O–H groups in total. The van der Waals surface area contributed by atoms with E-state index < -0.39 is 10.0 Å². The van der Waals surface area contributed by atoms with Crippen LogP contribution in [0.5, 0.6) is 0 Å². The lowest BCUT2D eigenvalue weighted by atomic mass is 9.99. The standard InChI is InChI=1S/C16H24N6O3S/c1-12-14(9-21(3)19-12)7-17-16(23)13-5-4-6-22(10-13)26(24,25)15-8-18-20(2)11-15/h8-9,11,13H,4-7,10H2,1-3H3,(H,17,23)/t13-/m1/s1. The van der Waals surface area contributed by atoms with E-state index in [2.05, 4.69) is 15.5 Å². The predicted octanol–water partition coefficient (Wildman–Crippen LogP) is 0.179. The highest BCUT2D eigenvalue weighted by Gasteiger charge is 2.33. The van der Waals surface area contributed by atoms with Crippen LogP contribution in [0.1, 0.15) is 24.1 Å². The first-order chi connectivity index (χ1) is 12.3. The maximum absolute atomic E-state index is 12.7. The Balaban J connectivity index is 1.64. The molecule has 1 aliphatic rings. The van der Waals surface area contributed by atoms with Crippen molar-refractivity contribution in [3.63, 3.8) is 0 Å². The zero-order valence-electron chi connectivity index (χ0n) is 15.2. The molecule has 10 heteroatoms. The monoisotopic (exact) mass is 380 g/mol. The van der Waals surface area contributed by atoms with E-state index in [9.17, 15) is 13.2 Å². The Morgan fingerprint density at radius 3 is 2.69 bits per heavy atom. The predicted molar refractivity (Wildman–Crippen MR) is 94.5 cm³/mol. The number of piperidine rings is 1. The molecule has 142 valence electrons. The summed E-state index contributed by atoms with van der Waals surface area (Å²) in [6.07, 6.45) is 6.02. The second-order valence-corrected chi connectivity index (χ2v) is 8.62. The van der Waals surface area contributed by atoms with E-state index in [0.717, 1.165) is 11.3 Å². The van der Waals surface area contributed by atoms with Crippen LogP contribution in [0.2, 0.25) is 0 Å². The van der Waals surface area contributed by atoms with E-state index in [0.29, 0.717) is 25.9 Å². The van der Waals surface area contributed by atoms with E-state index >= 15 is 0 Å². The van der Waals surface area contributed by atoms with E-state index in [4.69, 9.17) is 0 Å². The van der Waals surface area contributed by atoms with Crippen LogP contribution in [-0.4, -0.2) is 51.3 Å². The van der Waals surface area contributed by atoms with Gasteiger partial charge in [-0.05, 0) is 19.8 Å². The molecule has 1 atom stereocenters. The molecule has 0 saturated carbocycles. The second-order valence-electron chi connectivity index (χ2n) is 6.68. The van der Waals surface area contributed by atoms with Gasteiger partial charge < -0.3 is 5.32 Å². The van der Waals surface area contributed by atoms with Gasteiger partial charge in [-0.1, -0.05) is 0 Å². The van der Waals surface area contributed by atoms with Crippen molar-refractivity contribution in [3.8, 4) is 0 Å². The highest BCUT2D eigenvalue weighted by molar-refractivity contribution is 7.89. The molecule has 1 fully saturated rings. The minimum absolute atomic E-state index is 0.126. The van der Waals surface area contributed by atoms with Crippen molar-refractivity contribution in [2.24, 2.45) is 20.0 Å². The molecule has 2 aromatic heterocycles.